The number of aromatic nitrogens is 1. The molecule has 1 aromatic carbocycles. The molecule has 0 amide bonds. The van der Waals surface area contributed by atoms with E-state index < -0.39 is 0 Å². The van der Waals surface area contributed by atoms with Crippen LogP contribution >= 0.6 is 0 Å². The Morgan fingerprint density at radius 3 is 3.00 bits per heavy atom. The Hall–Kier alpha value is -1.58. The largest absolute Gasteiger partial charge is 0.383 e. The number of rotatable bonds is 7. The van der Waals surface area contributed by atoms with Crippen LogP contribution in [0.15, 0.2) is 43.1 Å². The monoisotopic (exact) mass is 244 g/mol. The zero-order chi connectivity index (χ0) is 12.8. The molecule has 0 aliphatic heterocycles. The molecule has 3 nitrogen and oxygen atoms in total. The van der Waals surface area contributed by atoms with Crippen LogP contribution in [0.1, 0.15) is 5.56 Å². The molecule has 0 radical (unpaired) electrons. The van der Waals surface area contributed by atoms with Gasteiger partial charge in [-0.2, -0.15) is 0 Å². The minimum absolute atomic E-state index is 0.741. The van der Waals surface area contributed by atoms with Crippen LogP contribution in [0.2, 0.25) is 0 Å². The van der Waals surface area contributed by atoms with E-state index in [-0.39, 0.29) is 0 Å². The van der Waals surface area contributed by atoms with Crippen molar-refractivity contribution < 1.29 is 4.74 Å². The third-order valence-corrected chi connectivity index (χ3v) is 3.00. The van der Waals surface area contributed by atoms with E-state index in [4.69, 9.17) is 4.74 Å². The summed E-state index contributed by atoms with van der Waals surface area (Å²) in [6, 6.07) is 8.48. The van der Waals surface area contributed by atoms with Gasteiger partial charge in [-0.1, -0.05) is 24.3 Å². The van der Waals surface area contributed by atoms with Gasteiger partial charge in [0.25, 0.3) is 0 Å². The number of methoxy groups -OCH3 is 1. The second kappa shape index (κ2) is 6.38. The summed E-state index contributed by atoms with van der Waals surface area (Å²) in [4.78, 5) is 0. The van der Waals surface area contributed by atoms with Crippen LogP contribution in [0, 0.1) is 0 Å². The molecule has 0 spiro atoms. The molecule has 0 unspecified atom stereocenters. The molecule has 1 N–H and O–H groups in total. The Labute approximate surface area is 108 Å². The Morgan fingerprint density at radius 2 is 2.22 bits per heavy atom. The Bertz CT molecular complexity index is 516. The molecule has 0 saturated carbocycles. The summed E-state index contributed by atoms with van der Waals surface area (Å²) in [5.74, 6) is 0. The van der Waals surface area contributed by atoms with Crippen molar-refractivity contribution in [2.24, 2.45) is 0 Å². The average molecular weight is 244 g/mol. The SMILES string of the molecule is C=CCn1cc(CNCCOC)c2ccccc21. The molecule has 2 aromatic rings. The van der Waals surface area contributed by atoms with E-state index in [1.165, 1.54) is 16.5 Å². The van der Waals surface area contributed by atoms with Crippen molar-refractivity contribution in [3.05, 3.63) is 48.7 Å². The molecule has 18 heavy (non-hydrogen) atoms. The lowest BCUT2D eigenvalue weighted by Gasteiger charge is -2.02. The highest BCUT2D eigenvalue weighted by molar-refractivity contribution is 5.84. The van der Waals surface area contributed by atoms with E-state index in [0.717, 1.165) is 26.2 Å². The van der Waals surface area contributed by atoms with Gasteiger partial charge >= 0.3 is 0 Å². The number of nitrogens with one attached hydrogen (secondary N) is 1. The number of ether oxygens (including phenoxy) is 1. The Kier molecular flexibility index (Phi) is 4.56. The summed E-state index contributed by atoms with van der Waals surface area (Å²) in [6.45, 7) is 7.13. The number of hydrogen-bond acceptors (Lipinski definition) is 2. The third-order valence-electron chi connectivity index (χ3n) is 3.00. The van der Waals surface area contributed by atoms with Crippen molar-refractivity contribution in [1.82, 2.24) is 9.88 Å². The maximum atomic E-state index is 5.03. The fraction of sp³-hybridized carbons (Fsp3) is 0.333. The molecule has 1 aromatic heterocycles. The number of fused-ring (bicyclic) bond motifs is 1. The molecule has 0 aliphatic carbocycles. The minimum Gasteiger partial charge on any atom is -0.383 e. The Balaban J connectivity index is 2.18. The number of nitrogens with zero attached hydrogens (tertiary/aromatic N) is 1. The van der Waals surface area contributed by atoms with Gasteiger partial charge < -0.3 is 14.6 Å². The summed E-state index contributed by atoms with van der Waals surface area (Å²) < 4.78 is 7.26. The van der Waals surface area contributed by atoms with Crippen molar-refractivity contribution in [1.29, 1.82) is 0 Å². The van der Waals surface area contributed by atoms with Crippen molar-refractivity contribution >= 4 is 10.9 Å². The molecule has 0 atom stereocenters. The predicted octanol–water partition coefficient (Wildman–Crippen LogP) is 2.56. The van der Waals surface area contributed by atoms with E-state index in [1.807, 2.05) is 6.08 Å². The zero-order valence-electron chi connectivity index (χ0n) is 10.9. The first-order valence-electron chi connectivity index (χ1n) is 6.24. The highest BCUT2D eigenvalue weighted by Crippen LogP contribution is 2.21. The van der Waals surface area contributed by atoms with Crippen LogP contribution < -0.4 is 5.32 Å². The summed E-state index contributed by atoms with van der Waals surface area (Å²) >= 11 is 0. The van der Waals surface area contributed by atoms with Crippen molar-refractivity contribution in [2.45, 2.75) is 13.1 Å². The number of benzene rings is 1. The van der Waals surface area contributed by atoms with Gasteiger partial charge in [0.15, 0.2) is 0 Å². The highest BCUT2D eigenvalue weighted by Gasteiger charge is 2.06. The summed E-state index contributed by atoms with van der Waals surface area (Å²) in [5, 5.41) is 4.70. The average Bonchev–Trinajstić information content (AvgIpc) is 2.74. The molecule has 2 rings (SSSR count). The lowest BCUT2D eigenvalue weighted by Crippen LogP contribution is -2.18. The molecule has 3 heteroatoms. The molecular formula is C15H20N2O. The third kappa shape index (κ3) is 2.81. The zero-order valence-corrected chi connectivity index (χ0v) is 10.9. The minimum atomic E-state index is 0.741. The quantitative estimate of drug-likeness (QED) is 0.598. The van der Waals surface area contributed by atoms with E-state index in [9.17, 15) is 0 Å². The van der Waals surface area contributed by atoms with Crippen molar-refractivity contribution in [2.75, 3.05) is 20.3 Å². The van der Waals surface area contributed by atoms with Crippen LogP contribution in [0.4, 0.5) is 0 Å². The van der Waals surface area contributed by atoms with E-state index >= 15 is 0 Å². The molecule has 0 fully saturated rings. The number of allylic oxidation sites excluding steroid dienone is 1. The maximum absolute atomic E-state index is 5.03. The van der Waals surface area contributed by atoms with Crippen LogP contribution in [0.5, 0.6) is 0 Å². The van der Waals surface area contributed by atoms with Crippen LogP contribution in [-0.4, -0.2) is 24.8 Å². The summed E-state index contributed by atoms with van der Waals surface area (Å²) in [7, 11) is 1.72. The van der Waals surface area contributed by atoms with E-state index in [2.05, 4.69) is 46.9 Å². The maximum Gasteiger partial charge on any atom is 0.0587 e. The lowest BCUT2D eigenvalue weighted by molar-refractivity contribution is 0.199. The normalized spacial score (nSPS) is 10.9. The van der Waals surface area contributed by atoms with Crippen LogP contribution in [0.3, 0.4) is 0 Å². The van der Waals surface area contributed by atoms with E-state index in [0.29, 0.717) is 0 Å². The molecule has 96 valence electrons. The molecule has 1 heterocycles. The fourth-order valence-corrected chi connectivity index (χ4v) is 2.15. The number of para-hydroxylation sites is 1. The standard InChI is InChI=1S/C15H20N2O/c1-3-9-17-12-13(11-16-8-10-18-2)14-6-4-5-7-15(14)17/h3-7,12,16H,1,8-11H2,2H3. The first kappa shape index (κ1) is 12.9. The second-order valence-corrected chi connectivity index (χ2v) is 4.28. The number of hydrogen-bond donors (Lipinski definition) is 1. The predicted molar refractivity (Wildman–Crippen MR) is 75.7 cm³/mol. The van der Waals surface area contributed by atoms with E-state index in [1.54, 1.807) is 7.11 Å². The Morgan fingerprint density at radius 1 is 1.39 bits per heavy atom. The molecule has 0 saturated heterocycles. The fourth-order valence-electron chi connectivity index (χ4n) is 2.15. The highest BCUT2D eigenvalue weighted by atomic mass is 16.5. The summed E-state index contributed by atoms with van der Waals surface area (Å²) in [5.41, 5.74) is 2.59. The first-order valence-corrected chi connectivity index (χ1v) is 6.24. The van der Waals surface area contributed by atoms with Gasteiger partial charge in [-0.05, 0) is 11.6 Å². The molecule has 0 bridgehead atoms. The van der Waals surface area contributed by atoms with Gasteiger partial charge in [-0.15, -0.1) is 6.58 Å². The van der Waals surface area contributed by atoms with Crippen LogP contribution in [-0.2, 0) is 17.8 Å². The topological polar surface area (TPSA) is 26.2 Å². The van der Waals surface area contributed by atoms with Gasteiger partial charge in [-0.3, -0.25) is 0 Å². The molecule has 0 aliphatic rings. The van der Waals surface area contributed by atoms with Gasteiger partial charge in [0, 0.05) is 43.8 Å². The van der Waals surface area contributed by atoms with Gasteiger partial charge in [-0.25, -0.2) is 0 Å². The molecular weight excluding hydrogens is 224 g/mol. The first-order chi connectivity index (χ1) is 8.86. The second-order valence-electron chi connectivity index (χ2n) is 4.28. The van der Waals surface area contributed by atoms with Gasteiger partial charge in [0.1, 0.15) is 0 Å². The smallest absolute Gasteiger partial charge is 0.0587 e. The van der Waals surface area contributed by atoms with Crippen molar-refractivity contribution in [3.63, 3.8) is 0 Å². The van der Waals surface area contributed by atoms with Crippen molar-refractivity contribution in [3.8, 4) is 0 Å². The summed E-state index contributed by atoms with van der Waals surface area (Å²) in [6.07, 6.45) is 4.13. The van der Waals surface area contributed by atoms with Gasteiger partial charge in [0.05, 0.1) is 6.61 Å². The van der Waals surface area contributed by atoms with Gasteiger partial charge in [0.2, 0.25) is 0 Å². The van der Waals surface area contributed by atoms with Crippen LogP contribution in [0.25, 0.3) is 10.9 Å². The lowest BCUT2D eigenvalue weighted by atomic mass is 10.2.